The summed E-state index contributed by atoms with van der Waals surface area (Å²) in [6, 6.07) is 16.1. The van der Waals surface area contributed by atoms with Gasteiger partial charge in [-0.2, -0.15) is 0 Å². The van der Waals surface area contributed by atoms with Gasteiger partial charge >= 0.3 is 0 Å². The van der Waals surface area contributed by atoms with Crippen LogP contribution in [0.25, 0.3) is 22.2 Å². The summed E-state index contributed by atoms with van der Waals surface area (Å²) < 4.78 is 1.36. The van der Waals surface area contributed by atoms with Crippen LogP contribution < -0.4 is 5.43 Å². The van der Waals surface area contributed by atoms with Crippen molar-refractivity contribution >= 4 is 16.5 Å². The van der Waals surface area contributed by atoms with E-state index in [-0.39, 0.29) is 29.0 Å². The van der Waals surface area contributed by atoms with Crippen molar-refractivity contribution in [2.45, 2.75) is 6.54 Å². The molecule has 1 N–H and O–H groups in total. The molecule has 0 saturated heterocycles. The summed E-state index contributed by atoms with van der Waals surface area (Å²) >= 11 is 0. The molecule has 24 heavy (non-hydrogen) atoms. The van der Waals surface area contributed by atoms with Crippen molar-refractivity contribution in [1.82, 2.24) is 14.7 Å². The molecule has 7 heteroatoms. The molecule has 2 aliphatic rings. The molecule has 1 aliphatic heterocycles. The van der Waals surface area contributed by atoms with E-state index >= 15 is 0 Å². The molecule has 118 valence electrons. The normalized spacial score (nSPS) is 11.2. The van der Waals surface area contributed by atoms with Crippen LogP contribution in [-0.2, 0) is 6.54 Å². The molecule has 0 unspecified atom stereocenters. The Morgan fingerprint density at radius 2 is 1.67 bits per heavy atom. The molecule has 1 heterocycles. The van der Waals surface area contributed by atoms with Crippen LogP contribution in [0.4, 0.5) is 5.69 Å². The van der Waals surface area contributed by atoms with Gasteiger partial charge in [0.1, 0.15) is 11.4 Å². The molecular weight excluding hydrogens is 308 g/mol. The number of fused-ring (bicyclic) bond motifs is 2. The van der Waals surface area contributed by atoms with Crippen LogP contribution in [0, 0.1) is 4.91 Å². The first-order chi connectivity index (χ1) is 11.7. The van der Waals surface area contributed by atoms with Crippen molar-refractivity contribution < 1.29 is 5.21 Å². The molecule has 0 saturated carbocycles. The summed E-state index contributed by atoms with van der Waals surface area (Å²) in [5.41, 5.74) is 0.873. The van der Waals surface area contributed by atoms with Gasteiger partial charge in [-0.15, -0.1) is 10.0 Å². The number of nitroso groups, excluding NO2 is 1. The van der Waals surface area contributed by atoms with Gasteiger partial charge in [-0.05, 0) is 15.7 Å². The third kappa shape index (κ3) is 1.98. The molecule has 0 bridgehead atoms. The second-order valence-corrected chi connectivity index (χ2v) is 5.42. The molecule has 0 fully saturated rings. The molecule has 0 atom stereocenters. The van der Waals surface area contributed by atoms with Crippen LogP contribution in [0.1, 0.15) is 5.56 Å². The zero-order chi connectivity index (χ0) is 16.7. The summed E-state index contributed by atoms with van der Waals surface area (Å²) in [5, 5.41) is 17.9. The van der Waals surface area contributed by atoms with E-state index in [1.807, 2.05) is 30.3 Å². The lowest BCUT2D eigenvalue weighted by atomic mass is 10.0. The number of benzene rings is 3. The van der Waals surface area contributed by atoms with Gasteiger partial charge in [0, 0.05) is 10.8 Å². The fourth-order valence-corrected chi connectivity index (χ4v) is 2.92. The topological polar surface area (TPSA) is 89.5 Å². The lowest BCUT2D eigenvalue weighted by Gasteiger charge is -2.10. The molecule has 0 spiro atoms. The highest BCUT2D eigenvalue weighted by Gasteiger charge is 2.26. The third-order valence-corrected chi connectivity index (χ3v) is 4.02. The molecule has 0 amide bonds. The Kier molecular flexibility index (Phi) is 3.13. The van der Waals surface area contributed by atoms with Crippen LogP contribution in [0.3, 0.4) is 0 Å². The van der Waals surface area contributed by atoms with Crippen molar-refractivity contribution in [3.8, 4) is 11.4 Å². The van der Waals surface area contributed by atoms with Crippen molar-refractivity contribution in [2.24, 2.45) is 5.18 Å². The van der Waals surface area contributed by atoms with E-state index in [1.165, 1.54) is 4.68 Å². The number of hydrogen-bond acceptors (Lipinski definition) is 5. The average molecular weight is 320 g/mol. The largest absolute Gasteiger partial charge is 0.398 e. The lowest BCUT2D eigenvalue weighted by molar-refractivity contribution is 0.0789. The summed E-state index contributed by atoms with van der Waals surface area (Å²) in [7, 11) is 0. The SMILES string of the molecule is O=Nc1c2n(Cc3ccccc3)n(O)nc-2c(=O)c2ccccc12. The quantitative estimate of drug-likeness (QED) is 0.464. The lowest BCUT2D eigenvalue weighted by Crippen LogP contribution is -2.13. The maximum Gasteiger partial charge on any atom is 0.216 e. The number of aromatic nitrogens is 3. The van der Waals surface area contributed by atoms with Gasteiger partial charge in [0.05, 0.1) is 6.54 Å². The molecular formula is C17H12N4O3. The zero-order valence-corrected chi connectivity index (χ0v) is 12.5. The van der Waals surface area contributed by atoms with Crippen LogP contribution in [-0.4, -0.2) is 19.9 Å². The van der Waals surface area contributed by atoms with E-state index in [0.717, 1.165) is 5.56 Å². The number of hydrogen-bond donors (Lipinski definition) is 1. The Bertz CT molecular complexity index is 1080. The second kappa shape index (κ2) is 5.31. The van der Waals surface area contributed by atoms with Gasteiger partial charge in [-0.1, -0.05) is 54.6 Å². The van der Waals surface area contributed by atoms with E-state index in [9.17, 15) is 14.9 Å². The highest BCUT2D eigenvalue weighted by atomic mass is 16.5. The Labute approximate surface area is 135 Å². The van der Waals surface area contributed by atoms with Gasteiger partial charge in [-0.3, -0.25) is 4.79 Å². The van der Waals surface area contributed by atoms with Crippen LogP contribution in [0.2, 0.25) is 0 Å². The molecule has 0 aromatic heterocycles. The minimum absolute atomic E-state index is 0.0155. The minimum atomic E-state index is -0.345. The van der Waals surface area contributed by atoms with E-state index in [4.69, 9.17) is 0 Å². The van der Waals surface area contributed by atoms with Crippen molar-refractivity contribution in [3.05, 3.63) is 75.3 Å². The highest BCUT2D eigenvalue weighted by molar-refractivity contribution is 6.00. The van der Waals surface area contributed by atoms with Crippen LogP contribution in [0.15, 0.2) is 64.6 Å². The standard InChI is InChI=1S/C17H12N4O3/c22-17-13-9-5-4-8-12(13)14(19-23)16-15(17)18-21(24)20(16)10-11-6-2-1-3-7-11/h1-9,24H,10H2. The van der Waals surface area contributed by atoms with Crippen molar-refractivity contribution in [1.29, 1.82) is 0 Å². The van der Waals surface area contributed by atoms with E-state index in [0.29, 0.717) is 15.7 Å². The summed E-state index contributed by atoms with van der Waals surface area (Å²) in [6.07, 6.45) is 0. The van der Waals surface area contributed by atoms with E-state index in [2.05, 4.69) is 10.3 Å². The van der Waals surface area contributed by atoms with Gasteiger partial charge < -0.3 is 5.21 Å². The minimum Gasteiger partial charge on any atom is -0.398 e. The van der Waals surface area contributed by atoms with Crippen LogP contribution >= 0.6 is 0 Å². The molecule has 2 aromatic carbocycles. The second-order valence-electron chi connectivity index (χ2n) is 5.42. The van der Waals surface area contributed by atoms with Crippen LogP contribution in [0.5, 0.6) is 0 Å². The Balaban J connectivity index is 2.07. The smallest absolute Gasteiger partial charge is 0.216 e. The number of nitrogens with zero attached hydrogens (tertiary/aromatic N) is 4. The van der Waals surface area contributed by atoms with Crippen molar-refractivity contribution in [3.63, 3.8) is 0 Å². The third-order valence-electron chi connectivity index (χ3n) is 4.02. The Morgan fingerprint density at radius 1 is 1.00 bits per heavy atom. The number of rotatable bonds is 3. The maximum atomic E-state index is 12.6. The van der Waals surface area contributed by atoms with Gasteiger partial charge in [0.25, 0.3) is 0 Å². The molecule has 4 rings (SSSR count). The van der Waals surface area contributed by atoms with Gasteiger partial charge in [-0.25, -0.2) is 4.68 Å². The molecule has 2 aromatic rings. The fraction of sp³-hybridized carbons (Fsp3) is 0.0588. The summed E-state index contributed by atoms with van der Waals surface area (Å²) in [4.78, 5) is 24.7. The first-order valence-electron chi connectivity index (χ1n) is 7.32. The maximum absolute atomic E-state index is 12.6. The predicted molar refractivity (Wildman–Crippen MR) is 88.8 cm³/mol. The molecule has 1 aliphatic carbocycles. The predicted octanol–water partition coefficient (Wildman–Crippen LogP) is 2.99. The first-order valence-corrected chi connectivity index (χ1v) is 7.32. The van der Waals surface area contributed by atoms with Crippen molar-refractivity contribution in [2.75, 3.05) is 0 Å². The first kappa shape index (κ1) is 14.1. The average Bonchev–Trinajstić information content (AvgIpc) is 2.94. The zero-order valence-electron chi connectivity index (χ0n) is 12.5. The molecule has 7 nitrogen and oxygen atoms in total. The fourth-order valence-electron chi connectivity index (χ4n) is 2.92. The monoisotopic (exact) mass is 320 g/mol. The Hall–Kier alpha value is -3.48. The highest BCUT2D eigenvalue weighted by Crippen LogP contribution is 2.35. The van der Waals surface area contributed by atoms with E-state index < -0.39 is 0 Å². The Morgan fingerprint density at radius 3 is 2.38 bits per heavy atom. The van der Waals surface area contributed by atoms with Gasteiger partial charge in [0.2, 0.25) is 5.43 Å². The molecule has 0 radical (unpaired) electrons. The summed E-state index contributed by atoms with van der Waals surface area (Å²) in [5.74, 6) is 0. The van der Waals surface area contributed by atoms with Gasteiger partial charge in [0.15, 0.2) is 5.69 Å². The van der Waals surface area contributed by atoms with E-state index in [1.54, 1.807) is 24.3 Å². The summed E-state index contributed by atoms with van der Waals surface area (Å²) in [6.45, 7) is 0.244.